The van der Waals surface area contributed by atoms with Crippen LogP contribution in [-0.4, -0.2) is 11.0 Å². The molecule has 1 aromatic heterocycles. The Morgan fingerprint density at radius 3 is 2.67 bits per heavy atom. The summed E-state index contributed by atoms with van der Waals surface area (Å²) in [5.74, 6) is -0.0934. The van der Waals surface area contributed by atoms with Crippen LogP contribution in [0.25, 0.3) is 28.6 Å². The van der Waals surface area contributed by atoms with Crippen molar-refractivity contribution < 1.29 is 18.3 Å². The molecule has 0 bridgehead atoms. The summed E-state index contributed by atoms with van der Waals surface area (Å²) in [6.07, 6.45) is 2.74. The number of aromatic nitrogens is 1. The summed E-state index contributed by atoms with van der Waals surface area (Å²) in [5, 5.41) is 0. The number of benzene rings is 3. The second-order valence-corrected chi connectivity index (χ2v) is 5.82. The van der Waals surface area contributed by atoms with Gasteiger partial charge in [-0.15, -0.1) is 0 Å². The van der Waals surface area contributed by atoms with Gasteiger partial charge in [0.05, 0.1) is 0 Å². The number of oxazole rings is 1. The van der Waals surface area contributed by atoms with Crippen LogP contribution in [-0.2, 0) is 4.79 Å². The predicted octanol–water partition coefficient (Wildman–Crippen LogP) is 5.25. The average Bonchev–Trinajstić information content (AvgIpc) is 3.11. The van der Waals surface area contributed by atoms with Crippen LogP contribution < -0.4 is 4.74 Å². The van der Waals surface area contributed by atoms with E-state index in [1.54, 1.807) is 30.3 Å². The van der Waals surface area contributed by atoms with Crippen LogP contribution in [0.4, 0.5) is 4.39 Å². The van der Waals surface area contributed by atoms with E-state index in [2.05, 4.69) is 4.98 Å². The van der Waals surface area contributed by atoms with Gasteiger partial charge in [0, 0.05) is 17.7 Å². The molecule has 1 heterocycles. The van der Waals surface area contributed by atoms with Crippen molar-refractivity contribution in [3.8, 4) is 17.2 Å². The SMILES string of the molecule is O=C(/C=C/c1cccc(F)c1)Oc1ccc2nc(-c3ccccc3)oc2c1. The monoisotopic (exact) mass is 359 g/mol. The first-order valence-electron chi connectivity index (χ1n) is 8.29. The second kappa shape index (κ2) is 7.25. The number of carbonyl (C=O) groups is 1. The quantitative estimate of drug-likeness (QED) is 0.284. The molecule has 0 saturated carbocycles. The van der Waals surface area contributed by atoms with Gasteiger partial charge < -0.3 is 9.15 Å². The molecule has 27 heavy (non-hydrogen) atoms. The van der Waals surface area contributed by atoms with Gasteiger partial charge in [-0.3, -0.25) is 0 Å². The number of esters is 1. The molecule has 0 fully saturated rings. The van der Waals surface area contributed by atoms with Crippen LogP contribution >= 0.6 is 0 Å². The fourth-order valence-corrected chi connectivity index (χ4v) is 2.60. The molecule has 0 aliphatic rings. The van der Waals surface area contributed by atoms with Crippen molar-refractivity contribution in [1.29, 1.82) is 0 Å². The molecule has 4 nitrogen and oxygen atoms in total. The minimum Gasteiger partial charge on any atom is -0.436 e. The summed E-state index contributed by atoms with van der Waals surface area (Å²) < 4.78 is 24.2. The van der Waals surface area contributed by atoms with Crippen LogP contribution in [0.5, 0.6) is 5.75 Å². The lowest BCUT2D eigenvalue weighted by molar-refractivity contribution is -0.128. The fourth-order valence-electron chi connectivity index (χ4n) is 2.60. The molecule has 0 N–H and O–H groups in total. The van der Waals surface area contributed by atoms with Crippen molar-refractivity contribution >= 4 is 23.1 Å². The first kappa shape index (κ1) is 16.7. The maximum atomic E-state index is 13.1. The zero-order valence-electron chi connectivity index (χ0n) is 14.1. The first-order valence-corrected chi connectivity index (χ1v) is 8.29. The van der Waals surface area contributed by atoms with Gasteiger partial charge in [-0.2, -0.15) is 0 Å². The van der Waals surface area contributed by atoms with Gasteiger partial charge in [-0.1, -0.05) is 30.3 Å². The molecule has 3 aromatic carbocycles. The number of carbonyl (C=O) groups excluding carboxylic acids is 1. The largest absolute Gasteiger partial charge is 0.436 e. The lowest BCUT2D eigenvalue weighted by Crippen LogP contribution is -2.03. The molecule has 0 saturated heterocycles. The van der Waals surface area contributed by atoms with Gasteiger partial charge in [0.15, 0.2) is 5.58 Å². The smallest absolute Gasteiger partial charge is 0.336 e. The maximum Gasteiger partial charge on any atom is 0.336 e. The Morgan fingerprint density at radius 1 is 1.00 bits per heavy atom. The molecule has 0 radical (unpaired) electrons. The van der Waals surface area contributed by atoms with E-state index in [0.29, 0.717) is 28.3 Å². The van der Waals surface area contributed by atoms with Gasteiger partial charge in [0.2, 0.25) is 5.89 Å². The number of hydrogen-bond donors (Lipinski definition) is 0. The molecule has 0 aliphatic heterocycles. The standard InChI is InChI=1S/C22H14FNO3/c23-17-8-4-5-15(13-17)9-12-21(25)26-18-10-11-19-20(14-18)27-22(24-19)16-6-2-1-3-7-16/h1-14H/b12-9+. The Labute approximate surface area is 154 Å². The van der Waals surface area contributed by atoms with E-state index >= 15 is 0 Å². The van der Waals surface area contributed by atoms with E-state index in [9.17, 15) is 9.18 Å². The van der Waals surface area contributed by atoms with Gasteiger partial charge in [-0.05, 0) is 48.0 Å². The van der Waals surface area contributed by atoms with Crippen LogP contribution in [0.15, 0.2) is 83.3 Å². The third-order valence-electron chi connectivity index (χ3n) is 3.86. The van der Waals surface area contributed by atoms with E-state index < -0.39 is 5.97 Å². The number of ether oxygens (including phenoxy) is 1. The number of hydrogen-bond acceptors (Lipinski definition) is 4. The first-order chi connectivity index (χ1) is 13.2. The molecule has 4 aromatic rings. The van der Waals surface area contributed by atoms with Crippen molar-refractivity contribution in [2.45, 2.75) is 0 Å². The highest BCUT2D eigenvalue weighted by molar-refractivity contribution is 5.89. The molecule has 0 unspecified atom stereocenters. The van der Waals surface area contributed by atoms with Crippen LogP contribution in [0, 0.1) is 5.82 Å². The lowest BCUT2D eigenvalue weighted by Gasteiger charge is -2.00. The highest BCUT2D eigenvalue weighted by Gasteiger charge is 2.10. The topological polar surface area (TPSA) is 52.3 Å². The molecule has 0 spiro atoms. The molecular weight excluding hydrogens is 345 g/mol. The van der Waals surface area contributed by atoms with Gasteiger partial charge in [0.25, 0.3) is 0 Å². The Bertz CT molecular complexity index is 1130. The molecule has 5 heteroatoms. The molecule has 0 atom stereocenters. The van der Waals surface area contributed by atoms with E-state index in [1.165, 1.54) is 24.3 Å². The normalized spacial score (nSPS) is 11.1. The number of nitrogens with zero attached hydrogens (tertiary/aromatic N) is 1. The number of rotatable bonds is 4. The van der Waals surface area contributed by atoms with Crippen molar-refractivity contribution in [3.63, 3.8) is 0 Å². The fraction of sp³-hybridized carbons (Fsp3) is 0. The van der Waals surface area contributed by atoms with Gasteiger partial charge in [-0.25, -0.2) is 14.2 Å². The molecule has 0 amide bonds. The molecular formula is C22H14FNO3. The highest BCUT2D eigenvalue weighted by atomic mass is 19.1. The van der Waals surface area contributed by atoms with Crippen molar-refractivity contribution in [2.24, 2.45) is 0 Å². The molecule has 132 valence electrons. The molecule has 4 rings (SSSR count). The van der Waals surface area contributed by atoms with Crippen LogP contribution in [0.1, 0.15) is 5.56 Å². The Morgan fingerprint density at radius 2 is 1.85 bits per heavy atom. The maximum absolute atomic E-state index is 13.1. The lowest BCUT2D eigenvalue weighted by atomic mass is 10.2. The third-order valence-corrected chi connectivity index (χ3v) is 3.86. The summed E-state index contributed by atoms with van der Waals surface area (Å²) in [5.41, 5.74) is 2.63. The average molecular weight is 359 g/mol. The van der Waals surface area contributed by atoms with Gasteiger partial charge >= 0.3 is 5.97 Å². The summed E-state index contributed by atoms with van der Waals surface area (Å²) in [6.45, 7) is 0. The van der Waals surface area contributed by atoms with Crippen molar-refractivity contribution in [3.05, 3.63) is 90.3 Å². The summed E-state index contributed by atoms with van der Waals surface area (Å²) in [6, 6.07) is 20.5. The summed E-state index contributed by atoms with van der Waals surface area (Å²) in [7, 11) is 0. The zero-order chi connectivity index (χ0) is 18.6. The Balaban J connectivity index is 1.51. The molecule has 0 aliphatic carbocycles. The third kappa shape index (κ3) is 3.93. The van der Waals surface area contributed by atoms with E-state index in [1.807, 2.05) is 30.3 Å². The Kier molecular flexibility index (Phi) is 4.49. The van der Waals surface area contributed by atoms with Crippen LogP contribution in [0.3, 0.4) is 0 Å². The van der Waals surface area contributed by atoms with Crippen molar-refractivity contribution in [2.75, 3.05) is 0 Å². The highest BCUT2D eigenvalue weighted by Crippen LogP contribution is 2.27. The Hall–Kier alpha value is -3.73. The zero-order valence-corrected chi connectivity index (χ0v) is 14.1. The predicted molar refractivity (Wildman–Crippen MR) is 101 cm³/mol. The second-order valence-electron chi connectivity index (χ2n) is 5.82. The van der Waals surface area contributed by atoms with Crippen LogP contribution in [0.2, 0.25) is 0 Å². The van der Waals surface area contributed by atoms with E-state index in [-0.39, 0.29) is 5.82 Å². The minimum atomic E-state index is -0.568. The van der Waals surface area contributed by atoms with E-state index in [4.69, 9.17) is 9.15 Å². The number of fused-ring (bicyclic) bond motifs is 1. The number of halogens is 1. The van der Waals surface area contributed by atoms with Gasteiger partial charge in [0.1, 0.15) is 17.1 Å². The summed E-state index contributed by atoms with van der Waals surface area (Å²) >= 11 is 0. The summed E-state index contributed by atoms with van der Waals surface area (Å²) in [4.78, 5) is 16.4. The minimum absolute atomic E-state index is 0.340. The van der Waals surface area contributed by atoms with E-state index in [0.717, 1.165) is 5.56 Å². The van der Waals surface area contributed by atoms with Crippen molar-refractivity contribution in [1.82, 2.24) is 4.98 Å².